The molecule has 1 saturated heterocycles. The van der Waals surface area contributed by atoms with Crippen molar-refractivity contribution in [1.29, 1.82) is 0 Å². The van der Waals surface area contributed by atoms with E-state index in [-0.39, 0.29) is 5.76 Å². The molecule has 1 aromatic heterocycles. The van der Waals surface area contributed by atoms with E-state index in [0.29, 0.717) is 18.5 Å². The number of nitrogens with zero attached hydrogens (tertiary/aromatic N) is 1. The maximum atomic E-state index is 10.8. The Kier molecular flexibility index (Phi) is 3.57. The minimum atomic E-state index is -1.01. The molecular formula is C14H19NO4. The second kappa shape index (κ2) is 5.35. The van der Waals surface area contributed by atoms with Gasteiger partial charge in [-0.1, -0.05) is 0 Å². The van der Waals surface area contributed by atoms with E-state index in [1.165, 1.54) is 18.9 Å². The molecule has 5 heteroatoms. The lowest BCUT2D eigenvalue weighted by Gasteiger charge is -2.23. The van der Waals surface area contributed by atoms with Crippen molar-refractivity contribution in [3.05, 3.63) is 23.7 Å². The standard InChI is InChI=1S/C14H19NO4/c16-14(17)13-4-3-12(19-13)8-15(11-1-2-11)7-10-5-6-18-9-10/h3-4,10-11H,1-2,5-9H2,(H,16,17). The molecule has 1 saturated carbocycles. The summed E-state index contributed by atoms with van der Waals surface area (Å²) in [5.74, 6) is 0.362. The van der Waals surface area contributed by atoms with E-state index < -0.39 is 5.97 Å². The summed E-state index contributed by atoms with van der Waals surface area (Å²) >= 11 is 0. The molecule has 0 bridgehead atoms. The van der Waals surface area contributed by atoms with Crippen molar-refractivity contribution >= 4 is 5.97 Å². The monoisotopic (exact) mass is 265 g/mol. The van der Waals surface area contributed by atoms with Gasteiger partial charge in [-0.05, 0) is 37.3 Å². The Hall–Kier alpha value is -1.33. The first kappa shape index (κ1) is 12.7. The van der Waals surface area contributed by atoms with E-state index in [0.717, 1.165) is 31.9 Å². The first-order valence-electron chi connectivity index (χ1n) is 6.86. The smallest absolute Gasteiger partial charge is 0.371 e. The molecule has 2 aliphatic rings. The van der Waals surface area contributed by atoms with Crippen LogP contribution in [-0.4, -0.2) is 41.8 Å². The summed E-state index contributed by atoms with van der Waals surface area (Å²) in [4.78, 5) is 13.2. The fourth-order valence-corrected chi connectivity index (χ4v) is 2.62. The van der Waals surface area contributed by atoms with Crippen LogP contribution in [0.15, 0.2) is 16.5 Å². The molecule has 0 aromatic carbocycles. The number of hydrogen-bond acceptors (Lipinski definition) is 4. The van der Waals surface area contributed by atoms with Crippen LogP contribution in [0, 0.1) is 5.92 Å². The molecule has 1 aromatic rings. The van der Waals surface area contributed by atoms with Gasteiger partial charge in [-0.25, -0.2) is 4.79 Å². The molecule has 5 nitrogen and oxygen atoms in total. The summed E-state index contributed by atoms with van der Waals surface area (Å²) in [6.07, 6.45) is 3.60. The Morgan fingerprint density at radius 2 is 2.21 bits per heavy atom. The minimum Gasteiger partial charge on any atom is -0.475 e. The van der Waals surface area contributed by atoms with Crippen LogP contribution in [0.3, 0.4) is 0 Å². The Morgan fingerprint density at radius 3 is 2.79 bits per heavy atom. The average molecular weight is 265 g/mol. The molecule has 2 heterocycles. The number of ether oxygens (including phenoxy) is 1. The van der Waals surface area contributed by atoms with Crippen LogP contribution in [-0.2, 0) is 11.3 Å². The Balaban J connectivity index is 1.61. The third-order valence-electron chi connectivity index (χ3n) is 3.81. The minimum absolute atomic E-state index is 0.0231. The van der Waals surface area contributed by atoms with Crippen molar-refractivity contribution in [3.63, 3.8) is 0 Å². The van der Waals surface area contributed by atoms with Crippen LogP contribution in [0.5, 0.6) is 0 Å². The second-order valence-corrected chi connectivity index (χ2v) is 5.46. The van der Waals surface area contributed by atoms with E-state index >= 15 is 0 Å². The highest BCUT2D eigenvalue weighted by atomic mass is 16.5. The van der Waals surface area contributed by atoms with Gasteiger partial charge in [-0.15, -0.1) is 0 Å². The third-order valence-corrected chi connectivity index (χ3v) is 3.81. The van der Waals surface area contributed by atoms with Gasteiger partial charge in [0.1, 0.15) is 5.76 Å². The molecular weight excluding hydrogens is 246 g/mol. The lowest BCUT2D eigenvalue weighted by Crippen LogP contribution is -2.31. The van der Waals surface area contributed by atoms with Crippen molar-refractivity contribution in [1.82, 2.24) is 4.90 Å². The zero-order valence-corrected chi connectivity index (χ0v) is 10.9. The quantitative estimate of drug-likeness (QED) is 0.852. The van der Waals surface area contributed by atoms with Gasteiger partial charge in [-0.3, -0.25) is 4.90 Å². The van der Waals surface area contributed by atoms with Crippen molar-refractivity contribution in [2.24, 2.45) is 5.92 Å². The van der Waals surface area contributed by atoms with Crippen LogP contribution in [0.2, 0.25) is 0 Å². The van der Waals surface area contributed by atoms with Gasteiger partial charge in [0.05, 0.1) is 13.2 Å². The molecule has 0 spiro atoms. The number of carboxylic acids is 1. The van der Waals surface area contributed by atoms with Gasteiger partial charge in [0.25, 0.3) is 0 Å². The fraction of sp³-hybridized carbons (Fsp3) is 0.643. The molecule has 0 amide bonds. The van der Waals surface area contributed by atoms with Gasteiger partial charge >= 0.3 is 5.97 Å². The normalized spacial score (nSPS) is 23.1. The Bertz CT molecular complexity index is 446. The second-order valence-electron chi connectivity index (χ2n) is 5.46. The molecule has 1 N–H and O–H groups in total. The zero-order chi connectivity index (χ0) is 13.2. The van der Waals surface area contributed by atoms with Crippen LogP contribution >= 0.6 is 0 Å². The number of rotatable bonds is 6. The Morgan fingerprint density at radius 1 is 1.37 bits per heavy atom. The molecule has 1 unspecified atom stereocenters. The number of carboxylic acid groups (broad SMARTS) is 1. The first-order chi connectivity index (χ1) is 9.22. The fourth-order valence-electron chi connectivity index (χ4n) is 2.62. The van der Waals surface area contributed by atoms with Gasteiger partial charge < -0.3 is 14.3 Å². The number of furan rings is 1. The van der Waals surface area contributed by atoms with Gasteiger partial charge in [0, 0.05) is 19.2 Å². The highest BCUT2D eigenvalue weighted by Gasteiger charge is 2.32. The SMILES string of the molecule is O=C(O)c1ccc(CN(CC2CCOC2)C2CC2)o1. The summed E-state index contributed by atoms with van der Waals surface area (Å²) in [5.41, 5.74) is 0. The third kappa shape index (κ3) is 3.16. The summed E-state index contributed by atoms with van der Waals surface area (Å²) < 4.78 is 10.8. The maximum absolute atomic E-state index is 10.8. The molecule has 104 valence electrons. The number of hydrogen-bond donors (Lipinski definition) is 1. The van der Waals surface area contributed by atoms with E-state index in [1.54, 1.807) is 6.07 Å². The van der Waals surface area contributed by atoms with E-state index in [1.807, 2.05) is 0 Å². The summed E-state index contributed by atoms with van der Waals surface area (Å²) in [6, 6.07) is 3.93. The van der Waals surface area contributed by atoms with Crippen LogP contribution in [0.4, 0.5) is 0 Å². The predicted octanol–water partition coefficient (Wildman–Crippen LogP) is 1.98. The van der Waals surface area contributed by atoms with Crippen molar-refractivity contribution in [2.75, 3.05) is 19.8 Å². The Labute approximate surface area is 112 Å². The molecule has 1 aliphatic carbocycles. The molecule has 1 aliphatic heterocycles. The van der Waals surface area contributed by atoms with E-state index in [2.05, 4.69) is 4.90 Å². The van der Waals surface area contributed by atoms with Crippen molar-refractivity contribution in [3.8, 4) is 0 Å². The van der Waals surface area contributed by atoms with Crippen molar-refractivity contribution in [2.45, 2.75) is 31.8 Å². The molecule has 1 atom stereocenters. The first-order valence-corrected chi connectivity index (χ1v) is 6.86. The van der Waals surface area contributed by atoms with Gasteiger partial charge in [-0.2, -0.15) is 0 Å². The molecule has 3 rings (SSSR count). The maximum Gasteiger partial charge on any atom is 0.371 e. The molecule has 0 radical (unpaired) electrons. The summed E-state index contributed by atoms with van der Waals surface area (Å²) in [5, 5.41) is 8.86. The molecule has 19 heavy (non-hydrogen) atoms. The van der Waals surface area contributed by atoms with Crippen LogP contribution < -0.4 is 0 Å². The zero-order valence-electron chi connectivity index (χ0n) is 10.9. The average Bonchev–Trinajstić information content (AvgIpc) is 2.90. The lowest BCUT2D eigenvalue weighted by atomic mass is 10.1. The lowest BCUT2D eigenvalue weighted by molar-refractivity contribution is 0.0657. The van der Waals surface area contributed by atoms with Crippen LogP contribution in [0.25, 0.3) is 0 Å². The summed E-state index contributed by atoms with van der Waals surface area (Å²) in [7, 11) is 0. The van der Waals surface area contributed by atoms with Crippen molar-refractivity contribution < 1.29 is 19.1 Å². The predicted molar refractivity (Wildman–Crippen MR) is 68.0 cm³/mol. The highest BCUT2D eigenvalue weighted by Crippen LogP contribution is 2.30. The topological polar surface area (TPSA) is 62.9 Å². The van der Waals surface area contributed by atoms with Gasteiger partial charge in [0.15, 0.2) is 0 Å². The van der Waals surface area contributed by atoms with Crippen LogP contribution in [0.1, 0.15) is 35.6 Å². The summed E-state index contributed by atoms with van der Waals surface area (Å²) in [6.45, 7) is 3.44. The molecule has 2 fully saturated rings. The van der Waals surface area contributed by atoms with Gasteiger partial charge in [0.2, 0.25) is 5.76 Å². The van der Waals surface area contributed by atoms with E-state index in [9.17, 15) is 4.79 Å². The van der Waals surface area contributed by atoms with E-state index in [4.69, 9.17) is 14.3 Å². The highest BCUT2D eigenvalue weighted by molar-refractivity contribution is 5.84. The number of aromatic carboxylic acids is 1. The largest absolute Gasteiger partial charge is 0.475 e. The number of carbonyl (C=O) groups is 1.